The van der Waals surface area contributed by atoms with Crippen molar-refractivity contribution in [3.63, 3.8) is 0 Å². The lowest BCUT2D eigenvalue weighted by Gasteiger charge is -2.24. The minimum atomic E-state index is -0.411. The molecule has 1 heterocycles. The predicted molar refractivity (Wildman–Crippen MR) is 98.4 cm³/mol. The van der Waals surface area contributed by atoms with Gasteiger partial charge in [0, 0.05) is 36.3 Å². The molecule has 132 valence electrons. The van der Waals surface area contributed by atoms with Crippen LogP contribution >= 0.6 is 0 Å². The Morgan fingerprint density at radius 3 is 2.54 bits per heavy atom. The van der Waals surface area contributed by atoms with Crippen LogP contribution in [0.4, 0.5) is 4.39 Å². The van der Waals surface area contributed by atoms with Gasteiger partial charge in [-0.1, -0.05) is 54.6 Å². The van der Waals surface area contributed by atoms with Gasteiger partial charge in [0.05, 0.1) is 0 Å². The molecule has 1 N–H and O–H groups in total. The molecular formula is C22H20FNO2. The van der Waals surface area contributed by atoms with Gasteiger partial charge in [0.2, 0.25) is 0 Å². The number of rotatable bonds is 3. The first-order valence-corrected chi connectivity index (χ1v) is 8.69. The average Bonchev–Trinajstić information content (AvgIpc) is 2.83. The highest BCUT2D eigenvalue weighted by molar-refractivity contribution is 5.36. The summed E-state index contributed by atoms with van der Waals surface area (Å²) in [6, 6.07) is 21.9. The second-order valence-electron chi connectivity index (χ2n) is 6.53. The average molecular weight is 349 g/mol. The molecule has 3 aromatic rings. The molecule has 0 saturated carbocycles. The summed E-state index contributed by atoms with van der Waals surface area (Å²) in [5.41, 5.74) is 2.45. The molecule has 0 aliphatic carbocycles. The third-order valence-corrected chi connectivity index (χ3v) is 4.70. The van der Waals surface area contributed by atoms with Crippen LogP contribution in [0.2, 0.25) is 0 Å². The van der Waals surface area contributed by atoms with Crippen molar-refractivity contribution in [2.45, 2.75) is 19.2 Å². The van der Waals surface area contributed by atoms with Crippen molar-refractivity contribution >= 4 is 0 Å². The van der Waals surface area contributed by atoms with Crippen LogP contribution in [0.1, 0.15) is 22.8 Å². The largest absolute Gasteiger partial charge is 0.508 e. The van der Waals surface area contributed by atoms with Gasteiger partial charge in [-0.2, -0.15) is 0 Å². The zero-order valence-corrected chi connectivity index (χ0v) is 14.3. The Labute approximate surface area is 152 Å². The molecule has 0 spiro atoms. The highest BCUT2D eigenvalue weighted by Gasteiger charge is 2.26. The van der Waals surface area contributed by atoms with Crippen molar-refractivity contribution in [1.29, 1.82) is 0 Å². The summed E-state index contributed by atoms with van der Waals surface area (Å²) in [6.45, 7) is 1.77. The lowest BCUT2D eigenvalue weighted by molar-refractivity contribution is 0.140. The second-order valence-corrected chi connectivity index (χ2v) is 6.53. The van der Waals surface area contributed by atoms with Gasteiger partial charge in [-0.25, -0.2) is 4.39 Å². The first kappa shape index (κ1) is 16.6. The third-order valence-electron chi connectivity index (χ3n) is 4.70. The van der Waals surface area contributed by atoms with E-state index in [0.717, 1.165) is 16.9 Å². The number of phenols is 1. The Hall–Kier alpha value is -2.85. The Morgan fingerprint density at radius 2 is 1.69 bits per heavy atom. The van der Waals surface area contributed by atoms with Gasteiger partial charge >= 0.3 is 0 Å². The van der Waals surface area contributed by atoms with Crippen molar-refractivity contribution in [1.82, 2.24) is 4.90 Å². The third kappa shape index (κ3) is 3.41. The smallest absolute Gasteiger partial charge is 0.139 e. The van der Waals surface area contributed by atoms with E-state index in [0.29, 0.717) is 25.2 Å². The van der Waals surface area contributed by atoms with Gasteiger partial charge in [-0.15, -0.1) is 0 Å². The summed E-state index contributed by atoms with van der Waals surface area (Å²) in [5.74, 6) is 0.785. The summed E-state index contributed by atoms with van der Waals surface area (Å²) in [6.07, 6.45) is -0.411. The van der Waals surface area contributed by atoms with E-state index in [-0.39, 0.29) is 11.6 Å². The van der Waals surface area contributed by atoms with Crippen LogP contribution in [0.3, 0.4) is 0 Å². The molecule has 3 nitrogen and oxygen atoms in total. The van der Waals surface area contributed by atoms with Crippen LogP contribution < -0.4 is 4.74 Å². The summed E-state index contributed by atoms with van der Waals surface area (Å²) < 4.78 is 20.5. The Balaban J connectivity index is 1.69. The summed E-state index contributed by atoms with van der Waals surface area (Å²) >= 11 is 0. The number of halogens is 1. The highest BCUT2D eigenvalue weighted by Crippen LogP contribution is 2.33. The van der Waals surface area contributed by atoms with Crippen molar-refractivity contribution in [2.75, 3.05) is 6.54 Å². The van der Waals surface area contributed by atoms with Crippen molar-refractivity contribution in [3.8, 4) is 11.5 Å². The standard InChI is InChI=1S/C22H20FNO2/c23-19-10-4-3-9-18(19)22-15-24(13-16-7-1-5-11-20(16)25)14-17-8-2-6-12-21(17)26-22/h1-12,22,25H,13-15H2/t22-/m0/s1. The van der Waals surface area contributed by atoms with E-state index < -0.39 is 6.10 Å². The molecule has 4 rings (SSSR count). The first-order chi connectivity index (χ1) is 12.7. The molecule has 1 aliphatic rings. The van der Waals surface area contributed by atoms with Gasteiger partial charge in [0.15, 0.2) is 0 Å². The zero-order chi connectivity index (χ0) is 17.9. The van der Waals surface area contributed by atoms with Crippen LogP contribution in [-0.2, 0) is 13.1 Å². The van der Waals surface area contributed by atoms with Crippen molar-refractivity contribution in [3.05, 3.63) is 95.3 Å². The summed E-state index contributed by atoms with van der Waals surface area (Å²) in [4.78, 5) is 2.18. The Bertz CT molecular complexity index is 912. The van der Waals surface area contributed by atoms with Crippen LogP contribution in [-0.4, -0.2) is 16.6 Å². The van der Waals surface area contributed by atoms with E-state index in [2.05, 4.69) is 4.90 Å². The molecule has 0 bridgehead atoms. The number of hydrogen-bond donors (Lipinski definition) is 1. The molecule has 0 radical (unpaired) electrons. The van der Waals surface area contributed by atoms with Crippen LogP contribution in [0.25, 0.3) is 0 Å². The Kier molecular flexibility index (Phi) is 4.59. The molecule has 1 aliphatic heterocycles. The molecule has 0 unspecified atom stereocenters. The lowest BCUT2D eigenvalue weighted by atomic mass is 10.1. The number of ether oxygens (including phenoxy) is 1. The summed E-state index contributed by atoms with van der Waals surface area (Å²) in [5, 5.41) is 10.1. The summed E-state index contributed by atoms with van der Waals surface area (Å²) in [7, 11) is 0. The van der Waals surface area contributed by atoms with Crippen LogP contribution in [0.5, 0.6) is 11.5 Å². The number of benzene rings is 3. The van der Waals surface area contributed by atoms with Crippen LogP contribution in [0, 0.1) is 5.82 Å². The number of aromatic hydroxyl groups is 1. The molecule has 3 aromatic carbocycles. The SMILES string of the molecule is Oc1ccccc1CN1Cc2ccccc2O[C@H](c2ccccc2F)C1. The molecule has 0 amide bonds. The number of hydrogen-bond acceptors (Lipinski definition) is 3. The van der Waals surface area contributed by atoms with E-state index in [4.69, 9.17) is 4.74 Å². The van der Waals surface area contributed by atoms with E-state index in [1.807, 2.05) is 48.5 Å². The fourth-order valence-electron chi connectivity index (χ4n) is 3.38. The molecule has 0 fully saturated rings. The first-order valence-electron chi connectivity index (χ1n) is 8.69. The topological polar surface area (TPSA) is 32.7 Å². The fourth-order valence-corrected chi connectivity index (χ4v) is 3.38. The van der Waals surface area contributed by atoms with E-state index in [1.54, 1.807) is 18.2 Å². The van der Waals surface area contributed by atoms with E-state index in [9.17, 15) is 9.50 Å². The molecule has 0 aromatic heterocycles. The van der Waals surface area contributed by atoms with Gasteiger partial charge in [0.25, 0.3) is 0 Å². The zero-order valence-electron chi connectivity index (χ0n) is 14.3. The highest BCUT2D eigenvalue weighted by atomic mass is 19.1. The molecular weight excluding hydrogens is 329 g/mol. The van der Waals surface area contributed by atoms with E-state index >= 15 is 0 Å². The molecule has 26 heavy (non-hydrogen) atoms. The normalized spacial score (nSPS) is 17.2. The number of phenolic OH excluding ortho intramolecular Hbond substituents is 1. The quantitative estimate of drug-likeness (QED) is 0.746. The predicted octanol–water partition coefficient (Wildman–Crippen LogP) is 4.67. The lowest BCUT2D eigenvalue weighted by Crippen LogP contribution is -2.28. The Morgan fingerprint density at radius 1 is 0.962 bits per heavy atom. The van der Waals surface area contributed by atoms with Gasteiger partial charge in [-0.05, 0) is 18.2 Å². The monoisotopic (exact) mass is 349 g/mol. The van der Waals surface area contributed by atoms with Crippen molar-refractivity contribution in [2.24, 2.45) is 0 Å². The number of para-hydroxylation sites is 2. The minimum absolute atomic E-state index is 0.264. The maximum absolute atomic E-state index is 14.4. The number of nitrogens with zero attached hydrogens (tertiary/aromatic N) is 1. The van der Waals surface area contributed by atoms with E-state index in [1.165, 1.54) is 6.07 Å². The van der Waals surface area contributed by atoms with Gasteiger partial charge in [-0.3, -0.25) is 4.90 Å². The van der Waals surface area contributed by atoms with Crippen LogP contribution in [0.15, 0.2) is 72.8 Å². The molecule has 1 atom stereocenters. The van der Waals surface area contributed by atoms with Gasteiger partial charge in [0.1, 0.15) is 23.4 Å². The maximum atomic E-state index is 14.4. The molecule has 0 saturated heterocycles. The van der Waals surface area contributed by atoms with Crippen molar-refractivity contribution < 1.29 is 14.2 Å². The number of fused-ring (bicyclic) bond motifs is 1. The van der Waals surface area contributed by atoms with Gasteiger partial charge < -0.3 is 9.84 Å². The minimum Gasteiger partial charge on any atom is -0.508 e. The second kappa shape index (κ2) is 7.18. The fraction of sp³-hybridized carbons (Fsp3) is 0.182. The molecule has 4 heteroatoms. The maximum Gasteiger partial charge on any atom is 0.139 e.